The highest BCUT2D eigenvalue weighted by Crippen LogP contribution is 2.32. The quantitative estimate of drug-likeness (QED) is 0.595. The van der Waals surface area contributed by atoms with Gasteiger partial charge in [-0.25, -0.2) is 4.98 Å². The van der Waals surface area contributed by atoms with Gasteiger partial charge in [-0.2, -0.15) is 0 Å². The largest absolute Gasteiger partial charge is 0.454 e. The van der Waals surface area contributed by atoms with E-state index < -0.39 is 0 Å². The van der Waals surface area contributed by atoms with Gasteiger partial charge in [0.25, 0.3) is 0 Å². The third-order valence-electron chi connectivity index (χ3n) is 5.50. The summed E-state index contributed by atoms with van der Waals surface area (Å²) >= 11 is 1.57. The Kier molecular flexibility index (Phi) is 6.34. The number of amides is 1. The van der Waals surface area contributed by atoms with Gasteiger partial charge in [-0.3, -0.25) is 9.69 Å². The number of morpholine rings is 1. The molecule has 3 heterocycles. The Morgan fingerprint density at radius 2 is 1.94 bits per heavy atom. The monoisotopic (exact) mass is 451 g/mol. The molecule has 7 nitrogen and oxygen atoms in total. The van der Waals surface area contributed by atoms with Crippen LogP contribution >= 0.6 is 11.3 Å². The molecule has 1 amide bonds. The fraction of sp³-hybridized carbons (Fsp3) is 0.333. The van der Waals surface area contributed by atoms with Crippen LogP contribution in [0.2, 0.25) is 0 Å². The molecule has 0 atom stereocenters. The van der Waals surface area contributed by atoms with Crippen LogP contribution < -0.4 is 14.8 Å². The van der Waals surface area contributed by atoms with Crippen LogP contribution in [0.4, 0.5) is 0 Å². The van der Waals surface area contributed by atoms with Crippen molar-refractivity contribution < 1.29 is 19.0 Å². The summed E-state index contributed by atoms with van der Waals surface area (Å²) in [6, 6.07) is 14.2. The lowest BCUT2D eigenvalue weighted by Crippen LogP contribution is -2.35. The van der Waals surface area contributed by atoms with Crippen LogP contribution in [0.1, 0.15) is 16.8 Å². The zero-order chi connectivity index (χ0) is 21.8. The van der Waals surface area contributed by atoms with E-state index in [2.05, 4.69) is 34.5 Å². The minimum Gasteiger partial charge on any atom is -0.454 e. The van der Waals surface area contributed by atoms with E-state index in [1.807, 2.05) is 23.6 Å². The SMILES string of the molecule is O=C(Cc1csc(-c2cccc(CN3CCOCC3)c2)n1)NCc1ccc2c(c1)OCO2. The van der Waals surface area contributed by atoms with E-state index in [1.54, 1.807) is 11.3 Å². The second kappa shape index (κ2) is 9.68. The van der Waals surface area contributed by atoms with Crippen molar-refractivity contribution in [2.45, 2.75) is 19.5 Å². The molecule has 3 aromatic rings. The predicted molar refractivity (Wildman–Crippen MR) is 122 cm³/mol. The maximum absolute atomic E-state index is 12.4. The van der Waals surface area contributed by atoms with Crippen LogP contribution in [-0.2, 0) is 29.0 Å². The molecule has 0 spiro atoms. The Bertz CT molecular complexity index is 1090. The first kappa shape index (κ1) is 20.9. The van der Waals surface area contributed by atoms with Gasteiger partial charge in [0.1, 0.15) is 5.01 Å². The average Bonchev–Trinajstić information content (AvgIpc) is 3.48. The fourth-order valence-corrected chi connectivity index (χ4v) is 4.64. The number of hydrogen-bond donors (Lipinski definition) is 1. The van der Waals surface area contributed by atoms with Crippen LogP contribution in [0.3, 0.4) is 0 Å². The summed E-state index contributed by atoms with van der Waals surface area (Å²) in [6.07, 6.45) is 0.258. The standard InChI is InChI=1S/C24H25N3O4S/c28-23(25-13-17-4-5-21-22(11-17)31-16-30-21)12-20-15-32-24(26-20)19-3-1-2-18(10-19)14-27-6-8-29-9-7-27/h1-5,10-11,15H,6-9,12-14,16H2,(H,25,28). The number of nitrogens with one attached hydrogen (secondary N) is 1. The topological polar surface area (TPSA) is 72.9 Å². The summed E-state index contributed by atoms with van der Waals surface area (Å²) in [7, 11) is 0. The van der Waals surface area contributed by atoms with Crippen LogP contribution in [-0.4, -0.2) is 48.9 Å². The van der Waals surface area contributed by atoms with Gasteiger partial charge >= 0.3 is 0 Å². The first-order chi connectivity index (χ1) is 15.7. The minimum atomic E-state index is -0.0550. The summed E-state index contributed by atoms with van der Waals surface area (Å²) in [5, 5.41) is 5.86. The molecule has 1 saturated heterocycles. The molecule has 1 N–H and O–H groups in total. The first-order valence-electron chi connectivity index (χ1n) is 10.7. The molecule has 2 aliphatic rings. The second-order valence-electron chi connectivity index (χ2n) is 7.87. The lowest BCUT2D eigenvalue weighted by molar-refractivity contribution is -0.120. The highest BCUT2D eigenvalue weighted by molar-refractivity contribution is 7.13. The molecule has 8 heteroatoms. The van der Waals surface area contributed by atoms with E-state index in [1.165, 1.54) is 5.56 Å². The maximum atomic E-state index is 12.4. The number of carbonyl (C=O) groups is 1. The van der Waals surface area contributed by atoms with Crippen molar-refractivity contribution in [3.8, 4) is 22.1 Å². The predicted octanol–water partition coefficient (Wildman–Crippen LogP) is 3.23. The van der Waals surface area contributed by atoms with Crippen molar-refractivity contribution in [1.29, 1.82) is 0 Å². The van der Waals surface area contributed by atoms with Gasteiger partial charge in [0, 0.05) is 37.1 Å². The molecular formula is C24H25N3O4S. The van der Waals surface area contributed by atoms with Gasteiger partial charge in [0.15, 0.2) is 11.5 Å². The number of rotatable bonds is 7. The number of thiazole rings is 1. The van der Waals surface area contributed by atoms with Crippen LogP contribution in [0.15, 0.2) is 47.8 Å². The number of fused-ring (bicyclic) bond motifs is 1. The lowest BCUT2D eigenvalue weighted by atomic mass is 10.1. The molecule has 0 unspecified atom stereocenters. The van der Waals surface area contributed by atoms with E-state index in [-0.39, 0.29) is 19.1 Å². The normalized spacial score (nSPS) is 15.6. The Hall–Kier alpha value is -2.94. The Labute approximate surface area is 190 Å². The molecular weight excluding hydrogens is 426 g/mol. The van der Waals surface area contributed by atoms with E-state index >= 15 is 0 Å². The Morgan fingerprint density at radius 3 is 2.84 bits per heavy atom. The van der Waals surface area contributed by atoms with E-state index in [9.17, 15) is 4.79 Å². The van der Waals surface area contributed by atoms with Crippen LogP contribution in [0.5, 0.6) is 11.5 Å². The number of hydrogen-bond acceptors (Lipinski definition) is 7. The van der Waals surface area contributed by atoms with E-state index in [4.69, 9.17) is 19.2 Å². The highest BCUT2D eigenvalue weighted by Gasteiger charge is 2.15. The smallest absolute Gasteiger partial charge is 0.231 e. The Balaban J connectivity index is 1.16. The molecule has 2 aliphatic heterocycles. The molecule has 5 rings (SSSR count). The fourth-order valence-electron chi connectivity index (χ4n) is 3.82. The molecule has 166 valence electrons. The summed E-state index contributed by atoms with van der Waals surface area (Å²) in [5.74, 6) is 1.40. The number of benzene rings is 2. The summed E-state index contributed by atoms with van der Waals surface area (Å²) in [6.45, 7) is 5.12. The summed E-state index contributed by atoms with van der Waals surface area (Å²) in [5.41, 5.74) is 4.11. The van der Waals surface area contributed by atoms with Gasteiger partial charge in [-0.05, 0) is 29.3 Å². The molecule has 0 bridgehead atoms. The zero-order valence-electron chi connectivity index (χ0n) is 17.7. The number of ether oxygens (including phenoxy) is 3. The van der Waals surface area contributed by atoms with Crippen molar-refractivity contribution >= 4 is 17.2 Å². The van der Waals surface area contributed by atoms with Crippen molar-refractivity contribution in [2.75, 3.05) is 33.1 Å². The second-order valence-corrected chi connectivity index (χ2v) is 8.73. The average molecular weight is 452 g/mol. The number of carbonyl (C=O) groups excluding carboxylic acids is 1. The third-order valence-corrected chi connectivity index (χ3v) is 6.44. The molecule has 0 radical (unpaired) electrons. The molecule has 2 aromatic carbocycles. The Morgan fingerprint density at radius 1 is 1.06 bits per heavy atom. The van der Waals surface area contributed by atoms with Gasteiger partial charge in [-0.1, -0.05) is 24.3 Å². The zero-order valence-corrected chi connectivity index (χ0v) is 18.5. The van der Waals surface area contributed by atoms with E-state index in [0.29, 0.717) is 6.54 Å². The van der Waals surface area contributed by atoms with Crippen molar-refractivity contribution in [1.82, 2.24) is 15.2 Å². The summed E-state index contributed by atoms with van der Waals surface area (Å²) < 4.78 is 16.1. The molecule has 1 fully saturated rings. The van der Waals surface area contributed by atoms with E-state index in [0.717, 1.165) is 66.2 Å². The molecule has 32 heavy (non-hydrogen) atoms. The first-order valence-corrected chi connectivity index (χ1v) is 11.6. The van der Waals surface area contributed by atoms with Crippen molar-refractivity contribution in [3.63, 3.8) is 0 Å². The third kappa shape index (κ3) is 5.09. The van der Waals surface area contributed by atoms with Gasteiger partial charge in [-0.15, -0.1) is 11.3 Å². The maximum Gasteiger partial charge on any atom is 0.231 e. The van der Waals surface area contributed by atoms with Crippen LogP contribution in [0.25, 0.3) is 10.6 Å². The molecule has 1 aromatic heterocycles. The number of nitrogens with zero attached hydrogens (tertiary/aromatic N) is 2. The van der Waals surface area contributed by atoms with Gasteiger partial charge < -0.3 is 19.5 Å². The van der Waals surface area contributed by atoms with Crippen LogP contribution in [0, 0.1) is 0 Å². The molecule has 0 saturated carbocycles. The van der Waals surface area contributed by atoms with Gasteiger partial charge in [0.2, 0.25) is 12.7 Å². The van der Waals surface area contributed by atoms with Crippen molar-refractivity contribution in [2.24, 2.45) is 0 Å². The summed E-state index contributed by atoms with van der Waals surface area (Å²) in [4.78, 5) is 19.5. The highest BCUT2D eigenvalue weighted by atomic mass is 32.1. The number of aromatic nitrogens is 1. The van der Waals surface area contributed by atoms with Gasteiger partial charge in [0.05, 0.1) is 25.3 Å². The lowest BCUT2D eigenvalue weighted by Gasteiger charge is -2.26. The minimum absolute atomic E-state index is 0.0550. The van der Waals surface area contributed by atoms with Crippen molar-refractivity contribution in [3.05, 3.63) is 64.7 Å². The molecule has 0 aliphatic carbocycles.